The van der Waals surface area contributed by atoms with Gasteiger partial charge < -0.3 is 15.0 Å². The van der Waals surface area contributed by atoms with Crippen molar-refractivity contribution in [3.05, 3.63) is 26.6 Å². The molecule has 0 saturated carbocycles. The molecule has 10 heteroatoms. The zero-order valence-corrected chi connectivity index (χ0v) is 15.9. The highest BCUT2D eigenvalue weighted by Crippen LogP contribution is 2.27. The molecule has 0 fully saturated rings. The molecule has 0 unspecified atom stereocenters. The van der Waals surface area contributed by atoms with Crippen molar-refractivity contribution in [2.75, 3.05) is 0 Å². The molecule has 140 valence electrons. The van der Waals surface area contributed by atoms with Crippen LogP contribution in [0.15, 0.2) is 4.79 Å². The third kappa shape index (κ3) is 4.26. The van der Waals surface area contributed by atoms with E-state index in [2.05, 4.69) is 20.6 Å². The van der Waals surface area contributed by atoms with E-state index in [0.29, 0.717) is 21.6 Å². The Morgan fingerprint density at radius 1 is 1.19 bits per heavy atom. The lowest BCUT2D eigenvalue weighted by molar-refractivity contribution is -0.127. The first kappa shape index (κ1) is 19.6. The summed E-state index contributed by atoms with van der Waals surface area (Å²) in [6.07, 6.45) is -1.18. The van der Waals surface area contributed by atoms with E-state index in [4.69, 9.17) is 4.74 Å². The van der Waals surface area contributed by atoms with Gasteiger partial charge in [-0.2, -0.15) is 0 Å². The molecule has 0 spiro atoms. The van der Waals surface area contributed by atoms with Crippen LogP contribution in [0.25, 0.3) is 10.2 Å². The van der Waals surface area contributed by atoms with Crippen LogP contribution in [0.5, 0.6) is 0 Å². The number of esters is 1. The summed E-state index contributed by atoms with van der Waals surface area (Å²) in [6, 6.07) is -0.812. The second-order valence-electron chi connectivity index (χ2n) is 6.05. The van der Waals surface area contributed by atoms with Gasteiger partial charge in [-0.3, -0.25) is 14.9 Å². The van der Waals surface area contributed by atoms with Gasteiger partial charge in [0.2, 0.25) is 0 Å². The summed E-state index contributed by atoms with van der Waals surface area (Å²) in [5, 5.41) is 4.91. The Hall–Kier alpha value is -2.75. The monoisotopic (exact) mass is 380 g/mol. The Balaban J connectivity index is 2.15. The van der Waals surface area contributed by atoms with Gasteiger partial charge in [0.25, 0.3) is 11.5 Å². The van der Waals surface area contributed by atoms with Crippen LogP contribution in [0.3, 0.4) is 0 Å². The largest absolute Gasteiger partial charge is 0.448 e. The van der Waals surface area contributed by atoms with Crippen molar-refractivity contribution in [3.63, 3.8) is 0 Å². The Bertz CT molecular complexity index is 931. The highest BCUT2D eigenvalue weighted by molar-refractivity contribution is 7.20. The lowest BCUT2D eigenvalue weighted by Crippen LogP contribution is -2.46. The van der Waals surface area contributed by atoms with E-state index in [1.165, 1.54) is 6.92 Å². The minimum atomic E-state index is -1.18. The van der Waals surface area contributed by atoms with E-state index in [0.717, 1.165) is 11.3 Å². The standard InChI is InChI=1S/C16H20N4O5S/c1-6(2)17-16(24)20-12(21)8(4)25-15(23)11-7(3)10-13(22)18-9(5)19-14(10)26-11/h6,8H,1-5H3,(H,18,19,22)(H2,17,20,21,24)/t8-/m0/s1. The van der Waals surface area contributed by atoms with Crippen LogP contribution in [0, 0.1) is 13.8 Å². The number of thiophene rings is 1. The first-order valence-corrected chi connectivity index (χ1v) is 8.74. The Morgan fingerprint density at radius 2 is 1.85 bits per heavy atom. The number of urea groups is 1. The molecular weight excluding hydrogens is 360 g/mol. The number of H-pyrrole nitrogens is 1. The number of nitrogens with one attached hydrogen (secondary N) is 3. The van der Waals surface area contributed by atoms with Gasteiger partial charge in [-0.1, -0.05) is 0 Å². The van der Waals surface area contributed by atoms with E-state index < -0.39 is 24.0 Å². The molecule has 0 aliphatic rings. The topological polar surface area (TPSA) is 130 Å². The molecule has 0 saturated heterocycles. The average Bonchev–Trinajstić information content (AvgIpc) is 2.82. The summed E-state index contributed by atoms with van der Waals surface area (Å²) in [4.78, 5) is 55.3. The number of carbonyl (C=O) groups excluding carboxylic acids is 3. The molecule has 0 aliphatic carbocycles. The fourth-order valence-corrected chi connectivity index (χ4v) is 3.34. The second-order valence-corrected chi connectivity index (χ2v) is 7.05. The number of carbonyl (C=O) groups is 3. The number of nitrogens with zero attached hydrogens (tertiary/aromatic N) is 1. The molecular formula is C16H20N4O5S. The number of rotatable bonds is 4. The van der Waals surface area contributed by atoms with E-state index in [-0.39, 0.29) is 16.5 Å². The molecule has 9 nitrogen and oxygen atoms in total. The van der Waals surface area contributed by atoms with E-state index in [1.807, 2.05) is 0 Å². The van der Waals surface area contributed by atoms with Gasteiger partial charge in [0.15, 0.2) is 6.10 Å². The Labute approximate surface area is 153 Å². The average molecular weight is 380 g/mol. The van der Waals surface area contributed by atoms with Crippen LogP contribution in [0.4, 0.5) is 4.79 Å². The first-order valence-electron chi connectivity index (χ1n) is 7.92. The Kier molecular flexibility index (Phi) is 5.76. The smallest absolute Gasteiger partial charge is 0.349 e. The number of ether oxygens (including phenoxy) is 1. The number of imide groups is 1. The molecule has 3 amide bonds. The summed E-state index contributed by atoms with van der Waals surface area (Å²) in [6.45, 7) is 8.10. The van der Waals surface area contributed by atoms with Crippen LogP contribution in [-0.4, -0.2) is 40.0 Å². The molecule has 2 rings (SSSR count). The molecule has 2 heterocycles. The van der Waals surface area contributed by atoms with Crippen molar-refractivity contribution >= 4 is 39.5 Å². The maximum atomic E-state index is 12.4. The summed E-state index contributed by atoms with van der Waals surface area (Å²) in [7, 11) is 0. The third-order valence-electron chi connectivity index (χ3n) is 3.41. The molecule has 0 radical (unpaired) electrons. The fourth-order valence-electron chi connectivity index (χ4n) is 2.23. The van der Waals surface area contributed by atoms with Crippen molar-refractivity contribution < 1.29 is 19.1 Å². The van der Waals surface area contributed by atoms with Gasteiger partial charge in [-0.25, -0.2) is 14.6 Å². The summed E-state index contributed by atoms with van der Waals surface area (Å²) < 4.78 is 5.12. The van der Waals surface area contributed by atoms with Crippen molar-refractivity contribution in [3.8, 4) is 0 Å². The lowest BCUT2D eigenvalue weighted by atomic mass is 10.2. The normalized spacial score (nSPS) is 12.1. The lowest BCUT2D eigenvalue weighted by Gasteiger charge is -2.14. The van der Waals surface area contributed by atoms with Gasteiger partial charge >= 0.3 is 12.0 Å². The van der Waals surface area contributed by atoms with Crippen LogP contribution in [0.2, 0.25) is 0 Å². The van der Waals surface area contributed by atoms with Crippen molar-refractivity contribution in [2.24, 2.45) is 0 Å². The van der Waals surface area contributed by atoms with Crippen molar-refractivity contribution in [2.45, 2.75) is 46.8 Å². The molecule has 3 N–H and O–H groups in total. The molecule has 0 aliphatic heterocycles. The van der Waals surface area contributed by atoms with Gasteiger partial charge in [0, 0.05) is 6.04 Å². The zero-order valence-electron chi connectivity index (χ0n) is 15.1. The van der Waals surface area contributed by atoms with Gasteiger partial charge in [0.05, 0.1) is 5.39 Å². The van der Waals surface area contributed by atoms with Crippen LogP contribution < -0.4 is 16.2 Å². The first-order chi connectivity index (χ1) is 12.1. The highest BCUT2D eigenvalue weighted by Gasteiger charge is 2.25. The molecule has 2 aromatic rings. The highest BCUT2D eigenvalue weighted by atomic mass is 32.1. The van der Waals surface area contributed by atoms with Crippen LogP contribution in [-0.2, 0) is 9.53 Å². The maximum Gasteiger partial charge on any atom is 0.349 e. The summed E-state index contributed by atoms with van der Waals surface area (Å²) in [5.74, 6) is -1.07. The summed E-state index contributed by atoms with van der Waals surface area (Å²) in [5.41, 5.74) is 0.102. The maximum absolute atomic E-state index is 12.4. The molecule has 1 atom stereocenters. The van der Waals surface area contributed by atoms with Crippen LogP contribution in [0.1, 0.15) is 41.8 Å². The molecule has 0 bridgehead atoms. The van der Waals surface area contributed by atoms with Crippen molar-refractivity contribution in [1.29, 1.82) is 0 Å². The zero-order chi connectivity index (χ0) is 19.6. The quantitative estimate of drug-likeness (QED) is 0.687. The number of aromatic amines is 1. The predicted octanol–water partition coefficient (Wildman–Crippen LogP) is 1.38. The number of hydrogen-bond acceptors (Lipinski definition) is 7. The minimum Gasteiger partial charge on any atom is -0.448 e. The van der Waals surface area contributed by atoms with E-state index in [9.17, 15) is 19.2 Å². The second kappa shape index (κ2) is 7.65. The number of amides is 3. The summed E-state index contributed by atoms with van der Waals surface area (Å²) >= 11 is 1.02. The molecule has 26 heavy (non-hydrogen) atoms. The Morgan fingerprint density at radius 3 is 2.46 bits per heavy atom. The number of hydrogen-bond donors (Lipinski definition) is 3. The SMILES string of the molecule is Cc1nc2sc(C(=O)O[C@@H](C)C(=O)NC(=O)NC(C)C)c(C)c2c(=O)[nH]1. The van der Waals surface area contributed by atoms with Crippen molar-refractivity contribution in [1.82, 2.24) is 20.6 Å². The van der Waals surface area contributed by atoms with Gasteiger partial charge in [-0.15, -0.1) is 11.3 Å². The van der Waals surface area contributed by atoms with Crippen LogP contribution >= 0.6 is 11.3 Å². The molecule has 0 aromatic carbocycles. The number of aromatic nitrogens is 2. The van der Waals surface area contributed by atoms with Gasteiger partial charge in [0.1, 0.15) is 15.5 Å². The van der Waals surface area contributed by atoms with Gasteiger partial charge in [-0.05, 0) is 40.2 Å². The van der Waals surface area contributed by atoms with E-state index >= 15 is 0 Å². The fraction of sp³-hybridized carbons (Fsp3) is 0.438. The third-order valence-corrected chi connectivity index (χ3v) is 4.58. The van der Waals surface area contributed by atoms with E-state index in [1.54, 1.807) is 27.7 Å². The minimum absolute atomic E-state index is 0.143. The molecule has 2 aromatic heterocycles. The predicted molar refractivity (Wildman–Crippen MR) is 96.4 cm³/mol. The number of aryl methyl sites for hydroxylation is 2. The number of fused-ring (bicyclic) bond motifs is 1.